The summed E-state index contributed by atoms with van der Waals surface area (Å²) in [4.78, 5) is 38.9. The summed E-state index contributed by atoms with van der Waals surface area (Å²) in [6, 6.07) is 8.75. The Labute approximate surface area is 206 Å². The molecule has 0 amide bonds. The highest BCUT2D eigenvalue weighted by atomic mass is 35.5. The molecule has 1 N–H and O–H groups in total. The van der Waals surface area contributed by atoms with Gasteiger partial charge < -0.3 is 14.6 Å². The molecule has 3 rings (SSSR count). The fourth-order valence-corrected chi connectivity index (χ4v) is 4.11. The lowest BCUT2D eigenvalue weighted by Gasteiger charge is -2.18. The van der Waals surface area contributed by atoms with Crippen molar-refractivity contribution < 1.29 is 14.3 Å². The molecule has 180 valence electrons. The number of nitrogens with one attached hydrogen (secondary N) is 1. The first-order chi connectivity index (χ1) is 16.1. The molecule has 3 aromatic heterocycles. The van der Waals surface area contributed by atoms with Gasteiger partial charge in [-0.25, -0.2) is 0 Å². The van der Waals surface area contributed by atoms with Crippen molar-refractivity contribution in [2.75, 3.05) is 11.9 Å². The van der Waals surface area contributed by atoms with Gasteiger partial charge in [-0.05, 0) is 24.3 Å². The summed E-state index contributed by atoms with van der Waals surface area (Å²) in [7, 11) is 0. The van der Waals surface area contributed by atoms with Crippen LogP contribution in [-0.4, -0.2) is 32.8 Å². The Bertz CT molecular complexity index is 1250. The Morgan fingerprint density at radius 1 is 1.29 bits per heavy atom. The number of anilines is 1. The van der Waals surface area contributed by atoms with Crippen molar-refractivity contribution >= 4 is 40.6 Å². The minimum absolute atomic E-state index is 0.0460. The van der Waals surface area contributed by atoms with Gasteiger partial charge in [-0.15, -0.1) is 11.3 Å². The van der Waals surface area contributed by atoms with Crippen molar-refractivity contribution in [3.05, 3.63) is 68.8 Å². The van der Waals surface area contributed by atoms with E-state index in [2.05, 4.69) is 17.0 Å². The summed E-state index contributed by atoms with van der Waals surface area (Å²) >= 11 is 7.46. The van der Waals surface area contributed by atoms with Gasteiger partial charge in [0.15, 0.2) is 0 Å². The summed E-state index contributed by atoms with van der Waals surface area (Å²) in [6.45, 7) is 9.66. The highest BCUT2D eigenvalue weighted by Gasteiger charge is 2.27. The van der Waals surface area contributed by atoms with Gasteiger partial charge >= 0.3 is 5.97 Å². The zero-order chi connectivity index (χ0) is 24.9. The molecule has 0 fully saturated rings. The van der Waals surface area contributed by atoms with Crippen molar-refractivity contribution in [1.82, 2.24) is 14.3 Å². The summed E-state index contributed by atoms with van der Waals surface area (Å²) in [6.07, 6.45) is 3.13. The third-order valence-corrected chi connectivity index (χ3v) is 6.06. The molecule has 34 heavy (non-hydrogen) atoms. The molecule has 10 heteroatoms. The number of pyridine rings is 1. The minimum atomic E-state index is -0.686. The van der Waals surface area contributed by atoms with Crippen molar-refractivity contribution in [1.29, 1.82) is 0 Å². The number of thiophene rings is 1. The molecule has 0 atom stereocenters. The first kappa shape index (κ1) is 25.5. The Morgan fingerprint density at radius 3 is 2.71 bits per heavy atom. The van der Waals surface area contributed by atoms with Crippen LogP contribution in [0.1, 0.15) is 36.9 Å². The second kappa shape index (κ2) is 10.8. The van der Waals surface area contributed by atoms with Gasteiger partial charge in [0.2, 0.25) is 0 Å². The van der Waals surface area contributed by atoms with Crippen LogP contribution in [0.4, 0.5) is 5.82 Å². The standard InChI is InChI=1S/C24H27ClN4O4S/c1-5-13-33-21(30)10-12-28-11-6-7-17(22(28)31)18-14-20(26-15-16-8-9-19(25)34-16)29(27-18)23(32)24(2,3)4/h5-9,11,14,26H,1,10,12-13,15H2,2-4H3. The number of halogens is 1. The molecule has 0 aromatic carbocycles. The summed E-state index contributed by atoms with van der Waals surface area (Å²) in [5.74, 6) is -0.161. The molecule has 0 aliphatic rings. The van der Waals surface area contributed by atoms with Crippen LogP contribution in [-0.2, 0) is 22.6 Å². The van der Waals surface area contributed by atoms with Gasteiger partial charge in [-0.1, -0.05) is 45.0 Å². The molecule has 0 aliphatic carbocycles. The molecule has 0 saturated carbocycles. The van der Waals surface area contributed by atoms with E-state index in [1.54, 1.807) is 45.2 Å². The fourth-order valence-electron chi connectivity index (χ4n) is 3.08. The zero-order valence-corrected chi connectivity index (χ0v) is 20.9. The van der Waals surface area contributed by atoms with Crippen LogP contribution in [0.25, 0.3) is 11.3 Å². The van der Waals surface area contributed by atoms with Crippen LogP contribution >= 0.6 is 22.9 Å². The number of ether oxygens (including phenoxy) is 1. The van der Waals surface area contributed by atoms with E-state index in [1.165, 1.54) is 26.7 Å². The minimum Gasteiger partial charge on any atom is -0.461 e. The van der Waals surface area contributed by atoms with Crippen molar-refractivity contribution in [2.45, 2.75) is 40.3 Å². The maximum atomic E-state index is 13.1. The summed E-state index contributed by atoms with van der Waals surface area (Å²) < 4.78 is 8.37. The smallest absolute Gasteiger partial charge is 0.307 e. The SMILES string of the molecule is C=CCOC(=O)CCn1cccc(-c2cc(NCc3ccc(Cl)s3)n(C(=O)C(C)(C)C)n2)c1=O. The van der Waals surface area contributed by atoms with Crippen molar-refractivity contribution in [2.24, 2.45) is 5.41 Å². The molecule has 0 bridgehead atoms. The Morgan fingerprint density at radius 2 is 2.06 bits per heavy atom. The lowest BCUT2D eigenvalue weighted by Crippen LogP contribution is -2.29. The normalized spacial score (nSPS) is 11.3. The van der Waals surface area contributed by atoms with E-state index in [1.807, 2.05) is 12.1 Å². The first-order valence-electron chi connectivity index (χ1n) is 10.7. The molecule has 0 aliphatic heterocycles. The predicted molar refractivity (Wildman–Crippen MR) is 134 cm³/mol. The van der Waals surface area contributed by atoms with E-state index in [4.69, 9.17) is 16.3 Å². The molecule has 0 saturated heterocycles. The largest absolute Gasteiger partial charge is 0.461 e. The maximum absolute atomic E-state index is 13.1. The Kier molecular flexibility index (Phi) is 8.11. The zero-order valence-electron chi connectivity index (χ0n) is 19.3. The lowest BCUT2D eigenvalue weighted by atomic mass is 9.96. The average Bonchev–Trinajstić information content (AvgIpc) is 3.40. The molecule has 3 heterocycles. The van der Waals surface area contributed by atoms with E-state index >= 15 is 0 Å². The number of esters is 1. The number of carbonyl (C=O) groups excluding carboxylic acids is 2. The topological polar surface area (TPSA) is 95.2 Å². The van der Waals surface area contributed by atoms with Crippen LogP contribution in [0.2, 0.25) is 4.34 Å². The molecule has 0 unspecified atom stereocenters. The van der Waals surface area contributed by atoms with Crippen LogP contribution < -0.4 is 10.9 Å². The van der Waals surface area contributed by atoms with E-state index in [-0.39, 0.29) is 31.0 Å². The summed E-state index contributed by atoms with van der Waals surface area (Å²) in [5.41, 5.74) is -0.319. The monoisotopic (exact) mass is 502 g/mol. The van der Waals surface area contributed by atoms with Gasteiger partial charge in [0.25, 0.3) is 11.5 Å². The quantitative estimate of drug-likeness (QED) is 0.332. The van der Waals surface area contributed by atoms with Crippen molar-refractivity contribution in [3.8, 4) is 11.3 Å². The van der Waals surface area contributed by atoms with Gasteiger partial charge in [0.05, 0.1) is 22.9 Å². The molecular weight excluding hydrogens is 476 g/mol. The van der Waals surface area contributed by atoms with Crippen LogP contribution in [0.3, 0.4) is 0 Å². The van der Waals surface area contributed by atoms with Gasteiger partial charge in [0, 0.05) is 29.1 Å². The van der Waals surface area contributed by atoms with Crippen LogP contribution in [0, 0.1) is 5.41 Å². The molecule has 0 radical (unpaired) electrons. The number of hydrogen-bond acceptors (Lipinski definition) is 7. The maximum Gasteiger partial charge on any atom is 0.307 e. The van der Waals surface area contributed by atoms with Crippen LogP contribution in [0.15, 0.2) is 54.0 Å². The van der Waals surface area contributed by atoms with Crippen LogP contribution in [0.5, 0.6) is 0 Å². The highest BCUT2D eigenvalue weighted by molar-refractivity contribution is 7.16. The van der Waals surface area contributed by atoms with Gasteiger partial charge in [-0.3, -0.25) is 14.4 Å². The third kappa shape index (κ3) is 6.24. The fraction of sp³-hybridized carbons (Fsp3) is 0.333. The molecular formula is C24H27ClN4O4S. The van der Waals surface area contributed by atoms with E-state index in [0.717, 1.165) is 4.88 Å². The highest BCUT2D eigenvalue weighted by Crippen LogP contribution is 2.26. The molecule has 0 spiro atoms. The van der Waals surface area contributed by atoms with E-state index in [0.29, 0.717) is 28.0 Å². The van der Waals surface area contributed by atoms with Gasteiger partial charge in [0.1, 0.15) is 18.1 Å². The predicted octanol–water partition coefficient (Wildman–Crippen LogP) is 4.84. The second-order valence-corrected chi connectivity index (χ2v) is 10.4. The second-order valence-electron chi connectivity index (χ2n) is 8.58. The molecule has 3 aromatic rings. The number of nitrogens with zero attached hydrogens (tertiary/aromatic N) is 3. The Balaban J connectivity index is 1.90. The number of aryl methyl sites for hydroxylation is 1. The number of carbonyl (C=O) groups is 2. The number of aromatic nitrogens is 3. The lowest BCUT2D eigenvalue weighted by molar-refractivity contribution is -0.142. The third-order valence-electron chi connectivity index (χ3n) is 4.83. The van der Waals surface area contributed by atoms with Gasteiger partial charge in [-0.2, -0.15) is 9.78 Å². The Hall–Kier alpha value is -3.17. The van der Waals surface area contributed by atoms with Crippen molar-refractivity contribution in [3.63, 3.8) is 0 Å². The molecule has 8 nitrogen and oxygen atoms in total. The number of hydrogen-bond donors (Lipinski definition) is 1. The average molecular weight is 503 g/mol. The van der Waals surface area contributed by atoms with E-state index < -0.39 is 11.4 Å². The first-order valence-corrected chi connectivity index (χ1v) is 11.9. The number of rotatable bonds is 9. The van der Waals surface area contributed by atoms with E-state index in [9.17, 15) is 14.4 Å². The summed E-state index contributed by atoms with van der Waals surface area (Å²) in [5, 5.41) is 7.70.